The van der Waals surface area contributed by atoms with E-state index in [0.717, 1.165) is 26.5 Å². The third-order valence-electron chi connectivity index (χ3n) is 4.90. The van der Waals surface area contributed by atoms with E-state index in [1.54, 1.807) is 24.4 Å². The molecule has 0 saturated carbocycles. The molecule has 0 amide bonds. The molecule has 4 aromatic rings. The fourth-order valence-electron chi connectivity index (χ4n) is 3.48. The van der Waals surface area contributed by atoms with Gasteiger partial charge in [-0.15, -0.1) is 0 Å². The topological polar surface area (TPSA) is 67.8 Å². The van der Waals surface area contributed by atoms with Crippen LogP contribution in [0.2, 0.25) is 0 Å². The van der Waals surface area contributed by atoms with Crippen LogP contribution in [-0.4, -0.2) is 14.5 Å². The molecule has 6 heteroatoms. The lowest BCUT2D eigenvalue weighted by molar-refractivity contribution is 0.902. The molecule has 29 heavy (non-hydrogen) atoms. The molecule has 0 fully saturated rings. The number of H-pyrrole nitrogens is 1. The summed E-state index contributed by atoms with van der Waals surface area (Å²) >= 11 is 6.29. The zero-order valence-electron chi connectivity index (χ0n) is 15.9. The van der Waals surface area contributed by atoms with E-state index < -0.39 is 11.2 Å². The molecule has 0 aliphatic carbocycles. The summed E-state index contributed by atoms with van der Waals surface area (Å²) in [5.41, 5.74) is 1.65. The van der Waals surface area contributed by atoms with Crippen molar-refractivity contribution in [3.05, 3.63) is 98.4 Å². The first-order valence-corrected chi connectivity index (χ1v) is 9.54. The second-order valence-corrected chi connectivity index (χ2v) is 6.96. The van der Waals surface area contributed by atoms with Gasteiger partial charge in [0.2, 0.25) is 0 Å². The fourth-order valence-corrected chi connectivity index (χ4v) is 3.70. The summed E-state index contributed by atoms with van der Waals surface area (Å²) in [5.74, 6) is 0. The van der Waals surface area contributed by atoms with Gasteiger partial charge in [-0.1, -0.05) is 54.1 Å². The van der Waals surface area contributed by atoms with Crippen LogP contribution in [0.3, 0.4) is 0 Å². The number of aromatic amines is 1. The Bertz CT molecular complexity index is 1420. The first kappa shape index (κ1) is 18.9. The van der Waals surface area contributed by atoms with Gasteiger partial charge in [-0.3, -0.25) is 9.78 Å². The van der Waals surface area contributed by atoms with Crippen molar-refractivity contribution in [3.8, 4) is 5.69 Å². The summed E-state index contributed by atoms with van der Waals surface area (Å²) < 4.78 is 1.13. The number of rotatable bonds is 3. The molecule has 0 bridgehead atoms. The lowest BCUT2D eigenvalue weighted by atomic mass is 10.0. The summed E-state index contributed by atoms with van der Waals surface area (Å²) in [6, 6.07) is 12.8. The second kappa shape index (κ2) is 7.53. The number of benzene rings is 2. The highest BCUT2D eigenvalue weighted by Gasteiger charge is 2.14. The van der Waals surface area contributed by atoms with Crippen LogP contribution in [0.15, 0.2) is 81.6 Å². The zero-order valence-corrected chi connectivity index (χ0v) is 16.7. The monoisotopic (exact) mass is 403 g/mol. The Morgan fingerprint density at radius 1 is 1.03 bits per heavy atom. The number of pyridine rings is 1. The molecule has 2 aromatic heterocycles. The summed E-state index contributed by atoms with van der Waals surface area (Å²) in [7, 11) is 0. The molecule has 0 aliphatic heterocycles. The Morgan fingerprint density at radius 3 is 2.59 bits per heavy atom. The van der Waals surface area contributed by atoms with Gasteiger partial charge in [0.25, 0.3) is 5.56 Å². The zero-order chi connectivity index (χ0) is 20.5. The van der Waals surface area contributed by atoms with Crippen LogP contribution in [0.5, 0.6) is 0 Å². The quantitative estimate of drug-likeness (QED) is 0.501. The van der Waals surface area contributed by atoms with E-state index in [9.17, 15) is 9.59 Å². The van der Waals surface area contributed by atoms with Gasteiger partial charge in [0.05, 0.1) is 22.8 Å². The molecule has 144 valence electrons. The van der Waals surface area contributed by atoms with Gasteiger partial charge >= 0.3 is 5.69 Å². The molecule has 0 atom stereocenters. The van der Waals surface area contributed by atoms with Crippen molar-refractivity contribution in [3.63, 3.8) is 0 Å². The third kappa shape index (κ3) is 3.19. The molecular formula is C23H18ClN3O2. The molecule has 2 heterocycles. The van der Waals surface area contributed by atoms with E-state index in [0.29, 0.717) is 21.6 Å². The van der Waals surface area contributed by atoms with Crippen molar-refractivity contribution in [2.24, 2.45) is 0 Å². The maximum Gasteiger partial charge on any atom is 0.333 e. The highest BCUT2D eigenvalue weighted by Crippen LogP contribution is 2.27. The maximum absolute atomic E-state index is 13.2. The highest BCUT2D eigenvalue weighted by molar-refractivity contribution is 6.37. The van der Waals surface area contributed by atoms with Crippen LogP contribution in [0.25, 0.3) is 32.9 Å². The maximum atomic E-state index is 13.2. The van der Waals surface area contributed by atoms with E-state index in [-0.39, 0.29) is 0 Å². The van der Waals surface area contributed by atoms with Gasteiger partial charge < -0.3 is 4.98 Å². The Hall–Kier alpha value is -3.44. The van der Waals surface area contributed by atoms with Gasteiger partial charge in [0.1, 0.15) is 0 Å². The largest absolute Gasteiger partial charge is 0.333 e. The van der Waals surface area contributed by atoms with Crippen LogP contribution >= 0.6 is 11.6 Å². The van der Waals surface area contributed by atoms with Gasteiger partial charge in [-0.2, -0.15) is 0 Å². The minimum absolute atomic E-state index is 0.396. The number of allylic oxidation sites excluding steroid dienone is 4. The minimum atomic E-state index is -0.517. The first-order valence-electron chi connectivity index (χ1n) is 9.16. The van der Waals surface area contributed by atoms with Crippen molar-refractivity contribution in [1.29, 1.82) is 0 Å². The smallest absolute Gasteiger partial charge is 0.306 e. The van der Waals surface area contributed by atoms with Crippen molar-refractivity contribution >= 4 is 38.8 Å². The van der Waals surface area contributed by atoms with Crippen LogP contribution in [0, 0.1) is 0 Å². The lowest BCUT2D eigenvalue weighted by Crippen LogP contribution is -2.33. The third-order valence-corrected chi connectivity index (χ3v) is 5.32. The van der Waals surface area contributed by atoms with Crippen molar-refractivity contribution < 1.29 is 0 Å². The van der Waals surface area contributed by atoms with Crippen molar-refractivity contribution in [1.82, 2.24) is 14.5 Å². The predicted molar refractivity (Wildman–Crippen MR) is 119 cm³/mol. The molecule has 1 N–H and O–H groups in total. The Balaban J connectivity index is 1.99. The number of halogens is 1. The normalized spacial score (nSPS) is 12.7. The number of hydrogen-bond donors (Lipinski definition) is 1. The Labute approximate surface area is 171 Å². The lowest BCUT2D eigenvalue weighted by Gasteiger charge is -2.11. The van der Waals surface area contributed by atoms with Gasteiger partial charge in [0.15, 0.2) is 0 Å². The molecule has 0 unspecified atom stereocenters. The predicted octanol–water partition coefficient (Wildman–Crippen LogP) is 4.77. The molecular weight excluding hydrogens is 386 g/mol. The van der Waals surface area contributed by atoms with E-state index in [1.807, 2.05) is 50.3 Å². The SMILES string of the molecule is C/C=C(\C(Cl)=C/C)c1ccc2c(=O)n(-c3cncc4ccccc34)c(=O)[nH]c2c1. The fraction of sp³-hybridized carbons (Fsp3) is 0.0870. The molecule has 0 aliphatic rings. The van der Waals surface area contributed by atoms with Crippen LogP contribution in [-0.2, 0) is 0 Å². The number of nitrogens with zero attached hydrogens (tertiary/aromatic N) is 2. The van der Waals surface area contributed by atoms with Gasteiger partial charge in [-0.25, -0.2) is 9.36 Å². The van der Waals surface area contributed by atoms with Crippen molar-refractivity contribution in [2.45, 2.75) is 13.8 Å². The van der Waals surface area contributed by atoms with Crippen LogP contribution in [0.1, 0.15) is 19.4 Å². The van der Waals surface area contributed by atoms with Gasteiger partial charge in [-0.05, 0) is 37.1 Å². The van der Waals surface area contributed by atoms with E-state index in [4.69, 9.17) is 11.6 Å². The summed E-state index contributed by atoms with van der Waals surface area (Å²) in [5, 5.41) is 2.64. The summed E-state index contributed by atoms with van der Waals surface area (Å²) in [4.78, 5) is 33.1. The van der Waals surface area contributed by atoms with Gasteiger partial charge in [0, 0.05) is 22.0 Å². The average molecular weight is 404 g/mol. The number of fused-ring (bicyclic) bond motifs is 2. The van der Waals surface area contributed by atoms with Crippen LogP contribution < -0.4 is 11.2 Å². The van der Waals surface area contributed by atoms with E-state index in [2.05, 4.69) is 9.97 Å². The molecule has 0 radical (unpaired) electrons. The summed E-state index contributed by atoms with van der Waals surface area (Å²) in [6.45, 7) is 3.74. The number of hydrogen-bond acceptors (Lipinski definition) is 3. The van der Waals surface area contributed by atoms with Crippen LogP contribution in [0.4, 0.5) is 0 Å². The molecule has 2 aromatic carbocycles. The van der Waals surface area contributed by atoms with Crippen molar-refractivity contribution in [2.75, 3.05) is 0 Å². The molecule has 4 rings (SSSR count). The Morgan fingerprint density at radius 2 is 1.83 bits per heavy atom. The second-order valence-electron chi connectivity index (χ2n) is 6.55. The average Bonchev–Trinajstić information content (AvgIpc) is 2.74. The van der Waals surface area contributed by atoms with E-state index >= 15 is 0 Å². The highest BCUT2D eigenvalue weighted by atomic mass is 35.5. The number of aromatic nitrogens is 3. The Kier molecular flexibility index (Phi) is 4.91. The molecule has 0 saturated heterocycles. The van der Waals surface area contributed by atoms with E-state index in [1.165, 1.54) is 6.20 Å². The first-order chi connectivity index (χ1) is 14.0. The minimum Gasteiger partial charge on any atom is -0.306 e. The standard InChI is InChI=1S/C23H18ClN3O2/c1-3-16(19(24)4-2)14-9-10-18-20(11-14)26-23(29)27(22(18)28)21-13-25-12-15-7-5-6-8-17(15)21/h3-13H,1-2H3,(H,26,29)/b16-3-,19-4+. The molecule has 5 nitrogen and oxygen atoms in total. The number of nitrogens with one attached hydrogen (secondary N) is 1. The molecule has 0 spiro atoms. The summed E-state index contributed by atoms with van der Waals surface area (Å²) in [6.07, 6.45) is 6.93.